The number of benzene rings is 2. The van der Waals surface area contributed by atoms with Crippen molar-refractivity contribution in [2.75, 3.05) is 0 Å². The summed E-state index contributed by atoms with van der Waals surface area (Å²) in [6, 6.07) is 12.1. The van der Waals surface area contributed by atoms with Crippen molar-refractivity contribution in [1.82, 2.24) is 20.1 Å². The summed E-state index contributed by atoms with van der Waals surface area (Å²) >= 11 is 4.93. The minimum absolute atomic E-state index is 0.0865. The Kier molecular flexibility index (Phi) is 6.85. The Hall–Kier alpha value is -3.73. The first-order chi connectivity index (χ1) is 16.9. The predicted molar refractivity (Wildman–Crippen MR) is 132 cm³/mol. The predicted octanol–water partition coefficient (Wildman–Crippen LogP) is 5.70. The van der Waals surface area contributed by atoms with Gasteiger partial charge in [0.15, 0.2) is 16.6 Å². The van der Waals surface area contributed by atoms with Crippen LogP contribution in [0.5, 0.6) is 5.75 Å². The van der Waals surface area contributed by atoms with Gasteiger partial charge in [-0.3, -0.25) is 0 Å². The fourth-order valence-electron chi connectivity index (χ4n) is 3.94. The maximum atomic E-state index is 16.0. The smallest absolute Gasteiger partial charge is 0.406 e. The second-order valence-corrected chi connectivity index (χ2v) is 9.03. The van der Waals surface area contributed by atoms with Gasteiger partial charge in [-0.15, -0.1) is 18.3 Å². The van der Waals surface area contributed by atoms with Crippen LogP contribution >= 0.6 is 12.2 Å². The number of alkyl halides is 4. The quantitative estimate of drug-likeness (QED) is 0.323. The van der Waals surface area contributed by atoms with E-state index in [9.17, 15) is 13.2 Å². The standard InChI is InChI=1S/C25H23F4N5OS/c1-15(2)20-13-24(26,12-11-21(20)32-23(30)36)17-5-3-16(4-6-17)22-31-14-34(33-22)18-7-9-19(10-8-18)35-25(27,28)29/h3-12,14-15H,13H2,1-2H3,(H3,30,32,36). The van der Waals surface area contributed by atoms with E-state index in [0.29, 0.717) is 22.6 Å². The van der Waals surface area contributed by atoms with Crippen molar-refractivity contribution < 1.29 is 22.3 Å². The first-order valence-electron chi connectivity index (χ1n) is 11.0. The molecule has 11 heteroatoms. The third kappa shape index (κ3) is 5.73. The average Bonchev–Trinajstić information content (AvgIpc) is 3.30. The lowest BCUT2D eigenvalue weighted by atomic mass is 9.80. The summed E-state index contributed by atoms with van der Waals surface area (Å²) in [5.41, 5.74) is 7.14. The Morgan fingerprint density at radius 2 is 1.81 bits per heavy atom. The number of nitrogens with one attached hydrogen (secondary N) is 1. The van der Waals surface area contributed by atoms with Crippen molar-refractivity contribution in [3.63, 3.8) is 0 Å². The monoisotopic (exact) mass is 517 g/mol. The van der Waals surface area contributed by atoms with E-state index >= 15 is 4.39 Å². The van der Waals surface area contributed by atoms with Gasteiger partial charge in [0.05, 0.1) is 5.69 Å². The van der Waals surface area contributed by atoms with Crippen LogP contribution in [0, 0.1) is 5.92 Å². The van der Waals surface area contributed by atoms with Gasteiger partial charge in [0.25, 0.3) is 0 Å². The summed E-state index contributed by atoms with van der Waals surface area (Å²) < 4.78 is 58.4. The third-order valence-corrected chi connectivity index (χ3v) is 5.81. The van der Waals surface area contributed by atoms with Crippen LogP contribution < -0.4 is 15.8 Å². The van der Waals surface area contributed by atoms with Crippen molar-refractivity contribution in [3.8, 4) is 22.8 Å². The highest BCUT2D eigenvalue weighted by Gasteiger charge is 2.35. The van der Waals surface area contributed by atoms with Gasteiger partial charge in [-0.2, -0.15) is 0 Å². The highest BCUT2D eigenvalue weighted by atomic mass is 32.1. The molecule has 1 aliphatic rings. The van der Waals surface area contributed by atoms with Crippen molar-refractivity contribution in [3.05, 3.63) is 83.8 Å². The van der Waals surface area contributed by atoms with Gasteiger partial charge in [0, 0.05) is 17.7 Å². The molecule has 36 heavy (non-hydrogen) atoms. The highest BCUT2D eigenvalue weighted by molar-refractivity contribution is 7.80. The normalized spacial score (nSPS) is 18.0. The van der Waals surface area contributed by atoms with E-state index in [1.165, 1.54) is 41.4 Å². The van der Waals surface area contributed by atoms with Crippen LogP contribution in [0.15, 0.2) is 78.3 Å². The molecule has 1 atom stereocenters. The number of hydrogen-bond acceptors (Lipinski definition) is 4. The Morgan fingerprint density at radius 3 is 2.39 bits per heavy atom. The molecule has 1 aromatic heterocycles. The summed E-state index contributed by atoms with van der Waals surface area (Å²) in [5.74, 6) is 0.140. The van der Waals surface area contributed by atoms with E-state index in [-0.39, 0.29) is 23.2 Å². The Balaban J connectivity index is 1.51. The zero-order valence-corrected chi connectivity index (χ0v) is 20.2. The minimum Gasteiger partial charge on any atom is -0.406 e. The minimum atomic E-state index is -4.76. The summed E-state index contributed by atoms with van der Waals surface area (Å²) in [7, 11) is 0. The van der Waals surface area contributed by atoms with Gasteiger partial charge >= 0.3 is 6.36 Å². The number of rotatable bonds is 6. The number of aromatic nitrogens is 3. The summed E-state index contributed by atoms with van der Waals surface area (Å²) in [4.78, 5) is 4.27. The van der Waals surface area contributed by atoms with Gasteiger partial charge in [0.2, 0.25) is 0 Å². The molecule has 1 aliphatic carbocycles. The van der Waals surface area contributed by atoms with E-state index in [1.54, 1.807) is 30.3 Å². The van der Waals surface area contributed by atoms with Crippen LogP contribution in [0.3, 0.4) is 0 Å². The second kappa shape index (κ2) is 9.73. The van der Waals surface area contributed by atoms with E-state index in [2.05, 4.69) is 20.1 Å². The maximum absolute atomic E-state index is 16.0. The zero-order valence-electron chi connectivity index (χ0n) is 19.4. The van der Waals surface area contributed by atoms with E-state index in [4.69, 9.17) is 18.0 Å². The number of hydrogen-bond donors (Lipinski definition) is 2. The summed E-state index contributed by atoms with van der Waals surface area (Å²) in [6.07, 6.45) is 0.00309. The maximum Gasteiger partial charge on any atom is 0.573 e. The van der Waals surface area contributed by atoms with Gasteiger partial charge in [0.1, 0.15) is 12.1 Å². The number of thiocarbonyl (C=S) groups is 1. The molecule has 0 bridgehead atoms. The molecule has 6 nitrogen and oxygen atoms in total. The van der Waals surface area contributed by atoms with Crippen LogP contribution in [0.4, 0.5) is 17.6 Å². The van der Waals surface area contributed by atoms with Crippen LogP contribution in [-0.2, 0) is 5.67 Å². The Morgan fingerprint density at radius 1 is 1.14 bits per heavy atom. The van der Waals surface area contributed by atoms with Gasteiger partial charge in [-0.1, -0.05) is 38.1 Å². The first kappa shape index (κ1) is 25.4. The fraction of sp³-hybridized carbons (Fsp3) is 0.240. The van der Waals surface area contributed by atoms with Crippen LogP contribution in [-0.4, -0.2) is 26.2 Å². The van der Waals surface area contributed by atoms with Crippen LogP contribution in [0.1, 0.15) is 25.8 Å². The summed E-state index contributed by atoms with van der Waals surface area (Å²) in [6.45, 7) is 3.97. The van der Waals surface area contributed by atoms with Crippen LogP contribution in [0.25, 0.3) is 17.1 Å². The largest absolute Gasteiger partial charge is 0.573 e. The molecular weight excluding hydrogens is 494 g/mol. The number of halogens is 4. The highest BCUT2D eigenvalue weighted by Crippen LogP contribution is 2.41. The van der Waals surface area contributed by atoms with Gasteiger partial charge in [-0.25, -0.2) is 14.1 Å². The molecule has 0 radical (unpaired) electrons. The lowest BCUT2D eigenvalue weighted by Gasteiger charge is -2.31. The zero-order chi connectivity index (χ0) is 26.1. The Bertz CT molecular complexity index is 1310. The first-order valence-corrected chi connectivity index (χ1v) is 11.4. The molecule has 0 amide bonds. The molecule has 1 unspecified atom stereocenters. The molecule has 188 valence electrons. The SMILES string of the molecule is CC(C)C1=C(NC(N)=S)C=CC(F)(c2ccc(-c3ncn(-c4ccc(OC(F)(F)F)cc4)n3)cc2)C1. The molecule has 1 heterocycles. The van der Waals surface area contributed by atoms with Gasteiger partial charge in [-0.05, 0) is 65.7 Å². The third-order valence-electron chi connectivity index (χ3n) is 5.71. The van der Waals surface area contributed by atoms with Crippen molar-refractivity contribution in [2.45, 2.75) is 32.3 Å². The molecule has 3 N–H and O–H groups in total. The van der Waals surface area contributed by atoms with E-state index < -0.39 is 12.0 Å². The fourth-order valence-corrected chi connectivity index (χ4v) is 4.05. The average molecular weight is 518 g/mol. The lowest BCUT2D eigenvalue weighted by molar-refractivity contribution is -0.274. The molecule has 4 rings (SSSR count). The molecule has 2 aromatic carbocycles. The molecule has 0 saturated heterocycles. The number of nitrogens with two attached hydrogens (primary N) is 1. The number of ether oxygens (including phenoxy) is 1. The number of allylic oxidation sites excluding steroid dienone is 3. The molecule has 3 aromatic rings. The topological polar surface area (TPSA) is 78.0 Å². The van der Waals surface area contributed by atoms with Crippen LogP contribution in [0.2, 0.25) is 0 Å². The molecule has 0 fully saturated rings. The molecule has 0 spiro atoms. The summed E-state index contributed by atoms with van der Waals surface area (Å²) in [5, 5.41) is 7.43. The van der Waals surface area contributed by atoms with E-state index in [1.807, 2.05) is 13.8 Å². The molecular formula is C25H23F4N5OS. The molecule has 0 saturated carbocycles. The van der Waals surface area contributed by atoms with Gasteiger partial charge < -0.3 is 15.8 Å². The Labute approximate surface area is 210 Å². The molecule has 0 aliphatic heterocycles. The van der Waals surface area contributed by atoms with E-state index in [0.717, 1.165) is 11.3 Å². The second-order valence-electron chi connectivity index (χ2n) is 8.59. The number of nitrogens with zero attached hydrogens (tertiary/aromatic N) is 3. The van der Waals surface area contributed by atoms with Crippen molar-refractivity contribution >= 4 is 17.3 Å². The van der Waals surface area contributed by atoms with Crippen molar-refractivity contribution in [1.29, 1.82) is 0 Å². The van der Waals surface area contributed by atoms with Crippen molar-refractivity contribution in [2.24, 2.45) is 11.7 Å². The lowest BCUT2D eigenvalue weighted by Crippen LogP contribution is -2.32.